The first-order chi connectivity index (χ1) is 42.9. The van der Waals surface area contributed by atoms with Crippen molar-refractivity contribution in [3.05, 3.63) is 286 Å². The molecule has 18 rings (SSSR count). The van der Waals surface area contributed by atoms with Crippen molar-refractivity contribution in [1.82, 2.24) is 9.05 Å². The summed E-state index contributed by atoms with van der Waals surface area (Å²) in [6, 6.07) is 89.0. The van der Waals surface area contributed by atoms with Gasteiger partial charge >= 0.3 is 6.85 Å². The van der Waals surface area contributed by atoms with Gasteiger partial charge in [0.05, 0.1) is 34.0 Å². The molecule has 0 saturated carbocycles. The molecule has 0 aliphatic carbocycles. The zero-order valence-electron chi connectivity index (χ0n) is 50.9. The van der Waals surface area contributed by atoms with Gasteiger partial charge in [-0.25, -0.2) is 0 Å². The van der Waals surface area contributed by atoms with Crippen molar-refractivity contribution < 1.29 is 0 Å². The third kappa shape index (κ3) is 7.10. The average Bonchev–Trinajstić information content (AvgIpc) is 1.45. The van der Waals surface area contributed by atoms with E-state index in [1.807, 2.05) is 0 Å². The highest BCUT2D eigenvalue weighted by atomic mass is 15.2. The molecule has 14 aromatic rings. The minimum Gasteiger partial charge on any atom is -0.374 e. The Morgan fingerprint density at radius 2 is 0.739 bits per heavy atom. The molecule has 0 N–H and O–H groups in total. The number of aryl methyl sites for hydroxylation is 8. The number of nitrogens with zero attached hydrogens (tertiary/aromatic N) is 4. The molecule has 0 radical (unpaired) electrons. The summed E-state index contributed by atoms with van der Waals surface area (Å²) in [5.41, 5.74) is 42.7. The van der Waals surface area contributed by atoms with Crippen LogP contribution in [0.1, 0.15) is 61.7 Å². The van der Waals surface area contributed by atoms with Gasteiger partial charge < -0.3 is 18.8 Å². The molecule has 2 aromatic heterocycles. The van der Waals surface area contributed by atoms with Crippen molar-refractivity contribution in [2.45, 2.75) is 61.4 Å². The molecule has 0 fully saturated rings. The van der Waals surface area contributed by atoms with E-state index in [4.69, 9.17) is 0 Å². The summed E-state index contributed by atoms with van der Waals surface area (Å²) < 4.78 is 5.56. The van der Waals surface area contributed by atoms with E-state index in [1.165, 1.54) is 189 Å². The second kappa shape index (κ2) is 18.6. The zero-order chi connectivity index (χ0) is 59.1. The van der Waals surface area contributed by atoms with Crippen molar-refractivity contribution in [2.24, 2.45) is 0 Å². The van der Waals surface area contributed by atoms with Crippen LogP contribution in [-0.2, 0) is 0 Å². The Labute approximate surface area is 515 Å². The Bertz CT molecular complexity index is 4940. The molecule has 4 aliphatic heterocycles. The highest BCUT2D eigenvalue weighted by molar-refractivity contribution is 6.90. The molecular weight excluding hydrogens is 1060 g/mol. The Morgan fingerprint density at radius 3 is 1.30 bits per heavy atom. The first-order valence-electron chi connectivity index (χ1n) is 31.2. The number of para-hydroxylation sites is 4. The number of hydrogen-bond acceptors (Lipinski definition) is 2. The van der Waals surface area contributed by atoms with Crippen LogP contribution in [0.15, 0.2) is 231 Å². The number of hydrogen-bond donors (Lipinski definition) is 0. The largest absolute Gasteiger partial charge is 0.374 e. The number of fused-ring (bicyclic) bond motifs is 13. The molecule has 4 nitrogen and oxygen atoms in total. The molecule has 12 aromatic carbocycles. The summed E-state index contributed by atoms with van der Waals surface area (Å²) in [5.74, 6) is 0. The van der Waals surface area contributed by atoms with Crippen molar-refractivity contribution >= 4 is 84.7 Å². The lowest BCUT2D eigenvalue weighted by atomic mass is 9.45. The van der Waals surface area contributed by atoms with E-state index in [0.717, 1.165) is 11.4 Å². The minimum atomic E-state index is -0.111. The predicted molar refractivity (Wildman–Crippen MR) is 372 cm³/mol. The van der Waals surface area contributed by atoms with Crippen molar-refractivity contribution in [3.8, 4) is 66.8 Å². The van der Waals surface area contributed by atoms with E-state index in [-0.39, 0.29) is 12.9 Å². The molecule has 0 bridgehead atoms. The van der Waals surface area contributed by atoms with Gasteiger partial charge in [0.15, 0.2) is 0 Å². The topological polar surface area (TPSA) is 16.3 Å². The second-order valence-corrected chi connectivity index (χ2v) is 25.7. The lowest BCUT2D eigenvalue weighted by Crippen LogP contribution is -2.56. The fourth-order valence-electron chi connectivity index (χ4n) is 16.2. The van der Waals surface area contributed by atoms with E-state index in [2.05, 4.69) is 305 Å². The van der Waals surface area contributed by atoms with Gasteiger partial charge in [0, 0.05) is 61.3 Å². The molecule has 88 heavy (non-hydrogen) atoms. The summed E-state index contributed by atoms with van der Waals surface area (Å²) in [6.07, 6.45) is 0. The Morgan fingerprint density at radius 1 is 0.307 bits per heavy atom. The number of anilines is 6. The molecule has 0 spiro atoms. The first kappa shape index (κ1) is 50.9. The predicted octanol–water partition coefficient (Wildman–Crippen LogP) is 20.7. The minimum absolute atomic E-state index is 0.111. The van der Waals surface area contributed by atoms with Crippen molar-refractivity contribution in [1.29, 1.82) is 0 Å². The third-order valence-corrected chi connectivity index (χ3v) is 20.2. The van der Waals surface area contributed by atoms with E-state index in [9.17, 15) is 0 Å². The zero-order valence-corrected chi connectivity index (χ0v) is 50.9. The fraction of sp³-hybridized carbons (Fsp3) is 0.108. The van der Waals surface area contributed by atoms with Crippen LogP contribution in [0.4, 0.5) is 34.1 Å². The van der Waals surface area contributed by atoms with Gasteiger partial charge in [0.2, 0.25) is 0 Å². The molecule has 1 unspecified atom stereocenters. The standard InChI is InChI=1S/C83H63BN4/c1-47-29-33-51(5)68(37-47)55-41-56(69-38-48(2)30-34-52(69)6)44-59(43-55)85-73-25-11-9-17-65(73)81-77-61(18-15-27-75(77)85)63-20-13-22-66-79(63)87(81)82-67-23-14-21-64-62-19-16-28-76-78(62)84(88(80(64)67)83(66)82)72-24-10-12-26-74(72)86(76)60-45-57(70-39-49(3)31-35-53(70)7)42-58(46-60)71-40-50(4)32-36-54(71)8/h9-46,81H,1-8H3. The Balaban J connectivity index is 0.876. The molecular formula is C83H63BN4. The molecule has 0 amide bonds. The van der Waals surface area contributed by atoms with Crippen molar-refractivity contribution in [3.63, 3.8) is 0 Å². The fourth-order valence-corrected chi connectivity index (χ4v) is 16.2. The lowest BCUT2D eigenvalue weighted by molar-refractivity contribution is 0.713. The number of rotatable bonds is 6. The summed E-state index contributed by atoms with van der Waals surface area (Å²) in [7, 11) is 0. The van der Waals surface area contributed by atoms with E-state index in [1.54, 1.807) is 0 Å². The van der Waals surface area contributed by atoms with Crippen LogP contribution in [0.25, 0.3) is 99.6 Å². The number of aromatic nitrogens is 2. The van der Waals surface area contributed by atoms with Crippen molar-refractivity contribution in [2.75, 3.05) is 9.80 Å². The second-order valence-electron chi connectivity index (χ2n) is 25.7. The summed E-state index contributed by atoms with van der Waals surface area (Å²) in [5, 5.41) is 2.57. The maximum Gasteiger partial charge on any atom is 0.333 e. The monoisotopic (exact) mass is 1130 g/mol. The van der Waals surface area contributed by atoms with Crippen LogP contribution in [-0.4, -0.2) is 15.9 Å². The maximum absolute atomic E-state index is 2.78. The van der Waals surface area contributed by atoms with Gasteiger partial charge in [-0.2, -0.15) is 0 Å². The summed E-state index contributed by atoms with van der Waals surface area (Å²) >= 11 is 0. The lowest BCUT2D eigenvalue weighted by Gasteiger charge is -2.42. The van der Waals surface area contributed by atoms with Crippen LogP contribution in [0.2, 0.25) is 0 Å². The van der Waals surface area contributed by atoms with Gasteiger partial charge in [-0.3, -0.25) is 0 Å². The molecule has 6 heterocycles. The van der Waals surface area contributed by atoms with Crippen LogP contribution < -0.4 is 20.7 Å². The van der Waals surface area contributed by atoms with Crippen LogP contribution in [0.5, 0.6) is 0 Å². The molecule has 0 saturated heterocycles. The van der Waals surface area contributed by atoms with Gasteiger partial charge in [-0.05, 0) is 205 Å². The van der Waals surface area contributed by atoms with Gasteiger partial charge in [0.25, 0.3) is 0 Å². The summed E-state index contributed by atoms with van der Waals surface area (Å²) in [4.78, 5) is 5.17. The number of benzene rings is 12. The van der Waals surface area contributed by atoms with Crippen LogP contribution in [0.3, 0.4) is 0 Å². The smallest absolute Gasteiger partial charge is 0.333 e. The Hall–Kier alpha value is -10.4. The molecule has 4 aliphatic rings. The molecule has 1 atom stereocenters. The SMILES string of the molecule is Cc1ccc(C)c(-c2cc(-c3cc(C)ccc3C)cc(N3c4ccccc4B4c5c(cccc53)-c3cccc5c3n4c3c4cccc6c4n(c53)C3c4ccccc4N(c4cc(-c5cc(C)ccc5C)cc(-c5cc(C)ccc5C)c4)c4cccc-6c43)c2)c1. The Kier molecular flexibility index (Phi) is 10.8. The molecule has 5 heteroatoms. The van der Waals surface area contributed by atoms with E-state index < -0.39 is 0 Å². The quantitative estimate of drug-likeness (QED) is 0.154. The van der Waals surface area contributed by atoms with Crippen LogP contribution in [0, 0.1) is 55.4 Å². The molecule has 418 valence electrons. The normalized spacial score (nSPS) is 14.0. The third-order valence-electron chi connectivity index (χ3n) is 20.2. The summed E-state index contributed by atoms with van der Waals surface area (Å²) in [6.45, 7) is 17.7. The van der Waals surface area contributed by atoms with Gasteiger partial charge in [-0.1, -0.05) is 192 Å². The van der Waals surface area contributed by atoms with E-state index in [0.29, 0.717) is 0 Å². The average molecular weight is 1130 g/mol. The van der Waals surface area contributed by atoms with Gasteiger partial charge in [0.1, 0.15) is 0 Å². The first-order valence-corrected chi connectivity index (χ1v) is 31.2. The highest BCUT2D eigenvalue weighted by Crippen LogP contribution is 2.60. The van der Waals surface area contributed by atoms with Gasteiger partial charge in [-0.15, -0.1) is 0 Å². The maximum atomic E-state index is 2.78. The van der Waals surface area contributed by atoms with E-state index >= 15 is 0 Å². The highest BCUT2D eigenvalue weighted by Gasteiger charge is 2.46. The van der Waals surface area contributed by atoms with Crippen LogP contribution >= 0.6 is 0 Å².